The van der Waals surface area contributed by atoms with Crippen molar-refractivity contribution in [1.29, 1.82) is 5.26 Å². The maximum atomic E-state index is 13.1. The Morgan fingerprint density at radius 3 is 2.68 bits per heavy atom. The first kappa shape index (κ1) is 12.7. The SMILES string of the molecule is Cc1nn(-c2ccc(F)cc2C#N)c(C)c1[N+](=O)[O-]. The Kier molecular flexibility index (Phi) is 3.00. The number of hydrogen-bond acceptors (Lipinski definition) is 4. The van der Waals surface area contributed by atoms with Gasteiger partial charge in [-0.2, -0.15) is 10.4 Å². The van der Waals surface area contributed by atoms with Gasteiger partial charge in [0.25, 0.3) is 0 Å². The zero-order chi connectivity index (χ0) is 14.2. The molecule has 0 atom stereocenters. The Morgan fingerprint density at radius 1 is 1.47 bits per heavy atom. The van der Waals surface area contributed by atoms with Gasteiger partial charge in [-0.05, 0) is 32.0 Å². The topological polar surface area (TPSA) is 84.8 Å². The summed E-state index contributed by atoms with van der Waals surface area (Å²) in [5.74, 6) is -0.545. The third-order valence-electron chi connectivity index (χ3n) is 2.74. The van der Waals surface area contributed by atoms with E-state index >= 15 is 0 Å². The van der Waals surface area contributed by atoms with Crippen LogP contribution in [0.3, 0.4) is 0 Å². The second-order valence-electron chi connectivity index (χ2n) is 3.96. The predicted octanol–water partition coefficient (Wildman–Crippen LogP) is 2.41. The molecule has 6 nitrogen and oxygen atoms in total. The molecule has 0 bridgehead atoms. The Hall–Kier alpha value is -2.75. The van der Waals surface area contributed by atoms with Gasteiger partial charge >= 0.3 is 5.69 Å². The van der Waals surface area contributed by atoms with Gasteiger partial charge < -0.3 is 0 Å². The molecule has 0 saturated carbocycles. The molecule has 0 spiro atoms. The van der Waals surface area contributed by atoms with Crippen LogP contribution in [0.1, 0.15) is 17.0 Å². The average molecular weight is 260 g/mol. The fourth-order valence-corrected chi connectivity index (χ4v) is 1.92. The summed E-state index contributed by atoms with van der Waals surface area (Å²) in [6.45, 7) is 3.04. The fraction of sp³-hybridized carbons (Fsp3) is 0.167. The van der Waals surface area contributed by atoms with Gasteiger partial charge in [0.2, 0.25) is 0 Å². The van der Waals surface area contributed by atoms with Crippen LogP contribution in [0.15, 0.2) is 18.2 Å². The molecule has 0 aliphatic rings. The van der Waals surface area contributed by atoms with E-state index in [0.717, 1.165) is 6.07 Å². The number of aromatic nitrogens is 2. The molecular weight excluding hydrogens is 251 g/mol. The monoisotopic (exact) mass is 260 g/mol. The molecule has 2 rings (SSSR count). The van der Waals surface area contributed by atoms with Crippen LogP contribution in [0, 0.1) is 41.1 Å². The first-order valence-corrected chi connectivity index (χ1v) is 5.36. The van der Waals surface area contributed by atoms with Gasteiger partial charge in [0, 0.05) is 0 Å². The summed E-state index contributed by atoms with van der Waals surface area (Å²) in [5, 5.41) is 24.0. The smallest absolute Gasteiger partial charge is 0.258 e. The van der Waals surface area contributed by atoms with Crippen LogP contribution < -0.4 is 0 Å². The molecule has 0 radical (unpaired) electrons. The number of nitriles is 1. The number of nitro groups is 1. The molecule has 1 heterocycles. The average Bonchev–Trinajstić information content (AvgIpc) is 2.64. The summed E-state index contributed by atoms with van der Waals surface area (Å²) >= 11 is 0. The maximum Gasteiger partial charge on any atom is 0.313 e. The quantitative estimate of drug-likeness (QED) is 0.613. The molecule has 1 aromatic heterocycles. The van der Waals surface area contributed by atoms with Crippen LogP contribution in [0.2, 0.25) is 0 Å². The Bertz CT molecular complexity index is 715. The van der Waals surface area contributed by atoms with Crippen molar-refractivity contribution < 1.29 is 9.31 Å². The highest BCUT2D eigenvalue weighted by molar-refractivity contribution is 5.52. The first-order valence-electron chi connectivity index (χ1n) is 5.36. The minimum atomic E-state index is -0.545. The second-order valence-corrected chi connectivity index (χ2v) is 3.96. The van der Waals surface area contributed by atoms with Crippen molar-refractivity contribution in [3.05, 3.63) is 51.1 Å². The lowest BCUT2D eigenvalue weighted by molar-refractivity contribution is -0.386. The van der Waals surface area contributed by atoms with Crippen LogP contribution in [-0.4, -0.2) is 14.7 Å². The molecule has 2 aromatic rings. The molecule has 96 valence electrons. The molecule has 0 N–H and O–H groups in total. The van der Waals surface area contributed by atoms with Crippen LogP contribution in [0.5, 0.6) is 0 Å². The molecule has 0 unspecified atom stereocenters. The van der Waals surface area contributed by atoms with E-state index in [4.69, 9.17) is 5.26 Å². The van der Waals surface area contributed by atoms with Gasteiger partial charge in [0.1, 0.15) is 23.3 Å². The third kappa shape index (κ3) is 2.04. The minimum Gasteiger partial charge on any atom is -0.258 e. The normalized spacial score (nSPS) is 10.2. The minimum absolute atomic E-state index is 0.0699. The Balaban J connectivity index is 2.71. The highest BCUT2D eigenvalue weighted by atomic mass is 19.1. The largest absolute Gasteiger partial charge is 0.313 e. The molecule has 0 aliphatic heterocycles. The van der Waals surface area contributed by atoms with Crippen LogP contribution in [-0.2, 0) is 0 Å². The summed E-state index contributed by atoms with van der Waals surface area (Å²) in [6.07, 6.45) is 0. The van der Waals surface area contributed by atoms with E-state index in [1.807, 2.05) is 6.07 Å². The van der Waals surface area contributed by atoms with Gasteiger partial charge in [-0.15, -0.1) is 0 Å². The van der Waals surface area contributed by atoms with Gasteiger partial charge in [0.05, 0.1) is 16.2 Å². The second kappa shape index (κ2) is 4.49. The number of rotatable bonds is 2. The molecule has 19 heavy (non-hydrogen) atoms. The van der Waals surface area contributed by atoms with E-state index in [0.29, 0.717) is 11.4 Å². The summed E-state index contributed by atoms with van der Waals surface area (Å²) in [4.78, 5) is 10.4. The van der Waals surface area contributed by atoms with E-state index in [9.17, 15) is 14.5 Å². The summed E-state index contributed by atoms with van der Waals surface area (Å²) in [7, 11) is 0. The van der Waals surface area contributed by atoms with E-state index in [-0.39, 0.29) is 16.9 Å². The van der Waals surface area contributed by atoms with Gasteiger partial charge in [-0.1, -0.05) is 0 Å². The molecule has 0 aliphatic carbocycles. The van der Waals surface area contributed by atoms with Crippen molar-refractivity contribution in [2.75, 3.05) is 0 Å². The number of benzene rings is 1. The fourth-order valence-electron chi connectivity index (χ4n) is 1.92. The van der Waals surface area contributed by atoms with Crippen molar-refractivity contribution in [1.82, 2.24) is 9.78 Å². The summed E-state index contributed by atoms with van der Waals surface area (Å²) in [5.41, 5.74) is 0.827. The number of aryl methyl sites for hydroxylation is 1. The maximum absolute atomic E-state index is 13.1. The van der Waals surface area contributed by atoms with Crippen LogP contribution >= 0.6 is 0 Å². The van der Waals surface area contributed by atoms with Crippen molar-refractivity contribution in [3.8, 4) is 11.8 Å². The number of nitrogens with zero attached hydrogens (tertiary/aromatic N) is 4. The van der Waals surface area contributed by atoms with Crippen LogP contribution in [0.25, 0.3) is 5.69 Å². The highest BCUT2D eigenvalue weighted by Crippen LogP contribution is 2.26. The Morgan fingerprint density at radius 2 is 2.16 bits per heavy atom. The van der Waals surface area contributed by atoms with E-state index in [1.165, 1.54) is 30.7 Å². The van der Waals surface area contributed by atoms with Crippen molar-refractivity contribution in [2.45, 2.75) is 13.8 Å². The molecule has 0 fully saturated rings. The number of halogens is 1. The zero-order valence-electron chi connectivity index (χ0n) is 10.2. The van der Waals surface area contributed by atoms with Crippen molar-refractivity contribution >= 4 is 5.69 Å². The summed E-state index contributed by atoms with van der Waals surface area (Å²) < 4.78 is 14.4. The third-order valence-corrected chi connectivity index (χ3v) is 2.74. The van der Waals surface area contributed by atoms with Gasteiger partial charge in [-0.3, -0.25) is 10.1 Å². The lowest BCUT2D eigenvalue weighted by Gasteiger charge is -2.05. The Labute approximate surface area is 107 Å². The predicted molar refractivity (Wildman–Crippen MR) is 64.4 cm³/mol. The molecular formula is C12H9FN4O2. The molecule has 1 aromatic carbocycles. The number of hydrogen-bond donors (Lipinski definition) is 0. The standard InChI is InChI=1S/C12H9FN4O2/c1-7-12(17(18)19)8(2)16(15-7)11-4-3-10(13)5-9(11)6-14/h3-5H,1-2H3. The van der Waals surface area contributed by atoms with Gasteiger partial charge in [0.15, 0.2) is 0 Å². The van der Waals surface area contributed by atoms with E-state index < -0.39 is 10.7 Å². The lowest BCUT2D eigenvalue weighted by atomic mass is 10.2. The zero-order valence-corrected chi connectivity index (χ0v) is 10.2. The molecule has 7 heteroatoms. The van der Waals surface area contributed by atoms with Crippen molar-refractivity contribution in [2.24, 2.45) is 0 Å². The van der Waals surface area contributed by atoms with Crippen LogP contribution in [0.4, 0.5) is 10.1 Å². The summed E-state index contributed by atoms with van der Waals surface area (Å²) in [6, 6.07) is 5.47. The highest BCUT2D eigenvalue weighted by Gasteiger charge is 2.23. The van der Waals surface area contributed by atoms with Gasteiger partial charge in [-0.25, -0.2) is 9.07 Å². The van der Waals surface area contributed by atoms with E-state index in [1.54, 1.807) is 0 Å². The van der Waals surface area contributed by atoms with Crippen molar-refractivity contribution in [3.63, 3.8) is 0 Å². The van der Waals surface area contributed by atoms with E-state index in [2.05, 4.69) is 5.10 Å². The lowest BCUT2D eigenvalue weighted by Crippen LogP contribution is -2.02. The first-order chi connectivity index (χ1) is 8.95. The molecule has 0 amide bonds. The molecule has 0 saturated heterocycles.